The van der Waals surface area contributed by atoms with Gasteiger partial charge in [0.25, 0.3) is 0 Å². The lowest BCUT2D eigenvalue weighted by Crippen LogP contribution is -2.21. The van der Waals surface area contributed by atoms with Crippen LogP contribution < -0.4 is 15.8 Å². The average molecular weight is 337 g/mol. The molecule has 0 aliphatic heterocycles. The summed E-state index contributed by atoms with van der Waals surface area (Å²) in [5.74, 6) is 1.80. The van der Waals surface area contributed by atoms with Crippen molar-refractivity contribution in [3.05, 3.63) is 48.2 Å². The van der Waals surface area contributed by atoms with E-state index in [9.17, 15) is 0 Å². The van der Waals surface area contributed by atoms with Crippen LogP contribution in [0.15, 0.2) is 42.5 Å². The third kappa shape index (κ3) is 4.16. The molecule has 0 unspecified atom stereocenters. The van der Waals surface area contributed by atoms with Crippen molar-refractivity contribution in [2.45, 2.75) is 6.92 Å². The molecule has 0 radical (unpaired) electrons. The van der Waals surface area contributed by atoms with Crippen molar-refractivity contribution >= 4 is 22.4 Å². The van der Waals surface area contributed by atoms with Crippen molar-refractivity contribution in [3.8, 4) is 11.6 Å². The van der Waals surface area contributed by atoms with Crippen molar-refractivity contribution in [1.29, 1.82) is 0 Å². The van der Waals surface area contributed by atoms with Gasteiger partial charge in [-0.2, -0.15) is 4.98 Å². The SMILES string of the molecule is Cc1cc(Oc2ccc(N)c3ccccc23)nc(NCCN(C)C)n1. The van der Waals surface area contributed by atoms with Crippen LogP contribution >= 0.6 is 0 Å². The third-order valence-electron chi connectivity index (χ3n) is 3.81. The standard InChI is InChI=1S/C19H23N5O/c1-13-12-18(23-19(22-13)21-10-11-24(2)3)25-17-9-8-16(20)14-6-4-5-7-15(14)17/h4-9,12H,10-11,20H2,1-3H3,(H,21,22,23). The van der Waals surface area contributed by atoms with Crippen LogP contribution in [0.3, 0.4) is 0 Å². The lowest BCUT2D eigenvalue weighted by Gasteiger charge is -2.13. The highest BCUT2D eigenvalue weighted by molar-refractivity contribution is 5.97. The first-order valence-corrected chi connectivity index (χ1v) is 8.22. The van der Waals surface area contributed by atoms with Crippen LogP contribution in [0, 0.1) is 6.92 Å². The van der Waals surface area contributed by atoms with Crippen molar-refractivity contribution in [2.75, 3.05) is 38.2 Å². The summed E-state index contributed by atoms with van der Waals surface area (Å²) in [6.07, 6.45) is 0. The van der Waals surface area contributed by atoms with Gasteiger partial charge in [-0.05, 0) is 33.2 Å². The molecule has 0 saturated heterocycles. The number of nitrogens with one attached hydrogen (secondary N) is 1. The topological polar surface area (TPSA) is 76.3 Å². The molecule has 0 aliphatic rings. The number of benzene rings is 2. The predicted octanol–water partition coefficient (Wildman–Crippen LogP) is 3.29. The van der Waals surface area contributed by atoms with Gasteiger partial charge < -0.3 is 20.7 Å². The Labute approximate surface area is 147 Å². The fourth-order valence-electron chi connectivity index (χ4n) is 2.56. The number of ether oxygens (including phenoxy) is 1. The zero-order valence-corrected chi connectivity index (χ0v) is 14.8. The summed E-state index contributed by atoms with van der Waals surface area (Å²) in [6, 6.07) is 13.4. The number of nitrogens with two attached hydrogens (primary N) is 1. The molecule has 130 valence electrons. The van der Waals surface area contributed by atoms with Gasteiger partial charge in [0, 0.05) is 41.3 Å². The van der Waals surface area contributed by atoms with Crippen molar-refractivity contribution in [1.82, 2.24) is 14.9 Å². The van der Waals surface area contributed by atoms with Gasteiger partial charge in [-0.15, -0.1) is 0 Å². The van der Waals surface area contributed by atoms with E-state index in [1.807, 2.05) is 63.5 Å². The monoisotopic (exact) mass is 337 g/mol. The quantitative estimate of drug-likeness (QED) is 0.672. The summed E-state index contributed by atoms with van der Waals surface area (Å²) in [6.45, 7) is 3.59. The highest BCUT2D eigenvalue weighted by atomic mass is 16.5. The van der Waals surface area contributed by atoms with E-state index in [1.54, 1.807) is 0 Å². The third-order valence-corrected chi connectivity index (χ3v) is 3.81. The number of aromatic nitrogens is 2. The number of nitrogens with zero attached hydrogens (tertiary/aromatic N) is 3. The minimum absolute atomic E-state index is 0.509. The van der Waals surface area contributed by atoms with Crippen LogP contribution in [0.25, 0.3) is 10.8 Å². The largest absolute Gasteiger partial charge is 0.438 e. The molecule has 0 atom stereocenters. The van der Waals surface area contributed by atoms with Crippen LogP contribution in [0.1, 0.15) is 5.69 Å². The van der Waals surface area contributed by atoms with E-state index in [4.69, 9.17) is 10.5 Å². The molecule has 0 fully saturated rings. The number of nitrogen functional groups attached to an aromatic ring is 1. The molecule has 3 N–H and O–H groups in total. The number of hydrogen-bond acceptors (Lipinski definition) is 6. The molecule has 2 aromatic carbocycles. The number of anilines is 2. The van der Waals surface area contributed by atoms with E-state index in [1.165, 1.54) is 0 Å². The minimum Gasteiger partial charge on any atom is -0.438 e. The molecule has 0 aliphatic carbocycles. The molecule has 0 bridgehead atoms. The summed E-state index contributed by atoms with van der Waals surface area (Å²) >= 11 is 0. The summed E-state index contributed by atoms with van der Waals surface area (Å²) < 4.78 is 6.04. The van der Waals surface area contributed by atoms with Gasteiger partial charge in [0.2, 0.25) is 11.8 Å². The highest BCUT2D eigenvalue weighted by Gasteiger charge is 2.09. The Hall–Kier alpha value is -2.86. The smallest absolute Gasteiger partial charge is 0.226 e. The molecule has 3 rings (SSSR count). The van der Waals surface area contributed by atoms with Crippen molar-refractivity contribution in [3.63, 3.8) is 0 Å². The van der Waals surface area contributed by atoms with E-state index in [2.05, 4.69) is 20.2 Å². The Balaban J connectivity index is 1.86. The summed E-state index contributed by atoms with van der Waals surface area (Å²) in [5, 5.41) is 5.15. The van der Waals surface area contributed by atoms with E-state index >= 15 is 0 Å². The van der Waals surface area contributed by atoms with E-state index in [0.29, 0.717) is 11.8 Å². The zero-order chi connectivity index (χ0) is 17.8. The number of likely N-dealkylation sites (N-methyl/N-ethyl adjacent to an activating group) is 1. The molecule has 1 heterocycles. The zero-order valence-electron chi connectivity index (χ0n) is 14.8. The van der Waals surface area contributed by atoms with Gasteiger partial charge in [0.1, 0.15) is 5.75 Å². The lowest BCUT2D eigenvalue weighted by atomic mass is 10.1. The van der Waals surface area contributed by atoms with E-state index < -0.39 is 0 Å². The first-order chi connectivity index (χ1) is 12.0. The number of hydrogen-bond donors (Lipinski definition) is 2. The van der Waals surface area contributed by atoms with Gasteiger partial charge in [-0.25, -0.2) is 4.98 Å². The molecular weight excluding hydrogens is 314 g/mol. The Kier molecular flexibility index (Phi) is 5.00. The van der Waals surface area contributed by atoms with E-state index in [0.717, 1.165) is 41.0 Å². The maximum absolute atomic E-state index is 6.05. The predicted molar refractivity (Wildman–Crippen MR) is 102 cm³/mol. The van der Waals surface area contributed by atoms with Crippen LogP contribution in [0.2, 0.25) is 0 Å². The van der Waals surface area contributed by atoms with Crippen LogP contribution in [0.5, 0.6) is 11.6 Å². The molecule has 3 aromatic rings. The summed E-state index contributed by atoms with van der Waals surface area (Å²) in [4.78, 5) is 11.0. The van der Waals surface area contributed by atoms with E-state index in [-0.39, 0.29) is 0 Å². The first-order valence-electron chi connectivity index (χ1n) is 8.22. The number of rotatable bonds is 6. The Morgan fingerprint density at radius 3 is 2.60 bits per heavy atom. The highest BCUT2D eigenvalue weighted by Crippen LogP contribution is 2.32. The fourth-order valence-corrected chi connectivity index (χ4v) is 2.56. The molecule has 0 spiro atoms. The normalized spacial score (nSPS) is 11.0. The molecule has 6 nitrogen and oxygen atoms in total. The fraction of sp³-hybridized carbons (Fsp3) is 0.263. The molecule has 0 amide bonds. The number of fused-ring (bicyclic) bond motifs is 1. The first kappa shape index (κ1) is 17.0. The van der Waals surface area contributed by atoms with Gasteiger partial charge >= 0.3 is 0 Å². The molecule has 25 heavy (non-hydrogen) atoms. The maximum Gasteiger partial charge on any atom is 0.226 e. The molecule has 1 aromatic heterocycles. The second kappa shape index (κ2) is 7.36. The van der Waals surface area contributed by atoms with Crippen molar-refractivity contribution in [2.24, 2.45) is 0 Å². The Bertz CT molecular complexity index is 879. The maximum atomic E-state index is 6.05. The van der Waals surface area contributed by atoms with Crippen LogP contribution in [0.4, 0.5) is 11.6 Å². The van der Waals surface area contributed by atoms with Gasteiger partial charge in [0.15, 0.2) is 0 Å². The second-order valence-corrected chi connectivity index (χ2v) is 6.20. The molecule has 0 saturated carbocycles. The number of aryl methyl sites for hydroxylation is 1. The average Bonchev–Trinajstić information content (AvgIpc) is 2.57. The van der Waals surface area contributed by atoms with Crippen molar-refractivity contribution < 1.29 is 4.74 Å². The molecular formula is C19H23N5O. The lowest BCUT2D eigenvalue weighted by molar-refractivity contribution is 0.424. The van der Waals surface area contributed by atoms with Gasteiger partial charge in [-0.1, -0.05) is 24.3 Å². The van der Waals surface area contributed by atoms with Crippen LogP contribution in [-0.2, 0) is 0 Å². The van der Waals surface area contributed by atoms with Gasteiger partial charge in [0.05, 0.1) is 0 Å². The summed E-state index contributed by atoms with van der Waals surface area (Å²) in [5.41, 5.74) is 7.62. The molecule has 6 heteroatoms. The Morgan fingerprint density at radius 1 is 1.08 bits per heavy atom. The Morgan fingerprint density at radius 2 is 1.84 bits per heavy atom. The summed E-state index contributed by atoms with van der Waals surface area (Å²) in [7, 11) is 4.05. The van der Waals surface area contributed by atoms with Crippen LogP contribution in [-0.4, -0.2) is 42.1 Å². The second-order valence-electron chi connectivity index (χ2n) is 6.20. The van der Waals surface area contributed by atoms with Gasteiger partial charge in [-0.3, -0.25) is 0 Å². The minimum atomic E-state index is 0.509.